The Morgan fingerprint density at radius 1 is 0.800 bits per heavy atom. The van der Waals surface area contributed by atoms with Crippen LogP contribution >= 0.6 is 11.8 Å². The lowest BCUT2D eigenvalue weighted by atomic mass is 10.0. The van der Waals surface area contributed by atoms with Gasteiger partial charge in [-0.2, -0.15) is 11.8 Å². The number of thioether (sulfide) groups is 1. The van der Waals surface area contributed by atoms with Gasteiger partial charge in [0.05, 0.1) is 6.04 Å². The summed E-state index contributed by atoms with van der Waals surface area (Å²) in [6.07, 6.45) is 1.19. The molecule has 200 valence electrons. The first-order valence-corrected chi connectivity index (χ1v) is 12.6. The van der Waals surface area contributed by atoms with Crippen molar-refractivity contribution in [1.82, 2.24) is 16.0 Å². The molecule has 9 N–H and O–H groups in total. The summed E-state index contributed by atoms with van der Waals surface area (Å²) in [5.74, 6) is -4.93. The highest BCUT2D eigenvalue weighted by atomic mass is 32.2. The molecule has 35 heavy (non-hydrogen) atoms. The minimum atomic E-state index is -1.33. The van der Waals surface area contributed by atoms with E-state index in [9.17, 15) is 33.9 Å². The molecule has 0 radical (unpaired) electrons. The van der Waals surface area contributed by atoms with Crippen molar-refractivity contribution < 1.29 is 39.0 Å². The quantitative estimate of drug-likeness (QED) is 0.114. The Morgan fingerprint density at radius 2 is 1.31 bits per heavy atom. The molecular formula is C21H37N5O8S. The summed E-state index contributed by atoms with van der Waals surface area (Å²) >= 11 is 1.41. The van der Waals surface area contributed by atoms with Crippen molar-refractivity contribution in [2.24, 2.45) is 17.4 Å². The lowest BCUT2D eigenvalue weighted by molar-refractivity contribution is -0.142. The van der Waals surface area contributed by atoms with Crippen molar-refractivity contribution >= 4 is 47.3 Å². The highest BCUT2D eigenvalue weighted by Gasteiger charge is 2.30. The third kappa shape index (κ3) is 14.2. The number of amides is 4. The normalized spacial score (nSPS) is 14.3. The first-order valence-electron chi connectivity index (χ1n) is 11.2. The van der Waals surface area contributed by atoms with Crippen LogP contribution in [0.1, 0.15) is 52.4 Å². The average Bonchev–Trinajstić information content (AvgIpc) is 2.76. The van der Waals surface area contributed by atoms with E-state index in [4.69, 9.17) is 16.6 Å². The molecule has 0 aliphatic carbocycles. The van der Waals surface area contributed by atoms with Gasteiger partial charge < -0.3 is 37.6 Å². The van der Waals surface area contributed by atoms with Crippen LogP contribution in [0.3, 0.4) is 0 Å². The number of aliphatic carboxylic acids is 2. The number of primary amides is 1. The summed E-state index contributed by atoms with van der Waals surface area (Å²) in [5.41, 5.74) is 10.8. The van der Waals surface area contributed by atoms with Gasteiger partial charge in [-0.05, 0) is 43.6 Å². The summed E-state index contributed by atoms with van der Waals surface area (Å²) in [7, 11) is 0. The van der Waals surface area contributed by atoms with E-state index in [1.165, 1.54) is 11.8 Å². The van der Waals surface area contributed by atoms with Gasteiger partial charge in [-0.15, -0.1) is 0 Å². The fourth-order valence-corrected chi connectivity index (χ4v) is 3.46. The second-order valence-electron chi connectivity index (χ2n) is 8.48. The number of hydrogen-bond donors (Lipinski definition) is 7. The highest BCUT2D eigenvalue weighted by molar-refractivity contribution is 7.98. The van der Waals surface area contributed by atoms with Crippen LogP contribution in [-0.4, -0.2) is 82.0 Å². The Morgan fingerprint density at radius 3 is 1.77 bits per heavy atom. The summed E-state index contributed by atoms with van der Waals surface area (Å²) in [6, 6.07) is -4.75. The average molecular weight is 520 g/mol. The number of carbonyl (C=O) groups is 6. The van der Waals surface area contributed by atoms with Crippen LogP contribution in [-0.2, 0) is 28.8 Å². The number of carboxylic acids is 2. The molecule has 0 aromatic carbocycles. The second kappa shape index (κ2) is 16.7. The maximum Gasteiger partial charge on any atom is 0.326 e. The first kappa shape index (κ1) is 32.1. The summed E-state index contributed by atoms with van der Waals surface area (Å²) in [5, 5.41) is 25.7. The molecule has 0 aliphatic heterocycles. The van der Waals surface area contributed by atoms with Gasteiger partial charge in [0.25, 0.3) is 0 Å². The van der Waals surface area contributed by atoms with Crippen LogP contribution < -0.4 is 27.4 Å². The SMILES string of the molecule is CSCCC(NC(=O)C(CCC(=O)O)NC(=O)C(N)CCC(N)=O)C(=O)NC(CC(C)C)C(=O)O. The van der Waals surface area contributed by atoms with Crippen molar-refractivity contribution in [3.63, 3.8) is 0 Å². The fraction of sp³-hybridized carbons (Fsp3) is 0.714. The summed E-state index contributed by atoms with van der Waals surface area (Å²) in [4.78, 5) is 71.5. The molecule has 0 rings (SSSR count). The zero-order valence-electron chi connectivity index (χ0n) is 20.2. The van der Waals surface area contributed by atoms with E-state index in [0.717, 1.165) is 0 Å². The van der Waals surface area contributed by atoms with Gasteiger partial charge >= 0.3 is 11.9 Å². The molecule has 14 heteroatoms. The largest absolute Gasteiger partial charge is 0.481 e. The van der Waals surface area contributed by atoms with E-state index >= 15 is 0 Å². The van der Waals surface area contributed by atoms with Crippen LogP contribution in [0.15, 0.2) is 0 Å². The van der Waals surface area contributed by atoms with Gasteiger partial charge in [0.2, 0.25) is 23.6 Å². The molecule has 0 saturated carbocycles. The predicted octanol–water partition coefficient (Wildman–Crippen LogP) is -1.22. The fourth-order valence-electron chi connectivity index (χ4n) is 2.99. The predicted molar refractivity (Wildman–Crippen MR) is 129 cm³/mol. The van der Waals surface area contributed by atoms with E-state index in [2.05, 4.69) is 16.0 Å². The minimum Gasteiger partial charge on any atom is -0.481 e. The minimum absolute atomic E-state index is 0.00924. The molecule has 0 spiro atoms. The third-order valence-electron chi connectivity index (χ3n) is 4.88. The molecule has 4 amide bonds. The molecule has 0 aromatic heterocycles. The number of hydrogen-bond acceptors (Lipinski definition) is 8. The van der Waals surface area contributed by atoms with Crippen molar-refractivity contribution in [1.29, 1.82) is 0 Å². The monoisotopic (exact) mass is 519 g/mol. The molecule has 0 heterocycles. The van der Waals surface area contributed by atoms with Gasteiger partial charge in [0, 0.05) is 12.8 Å². The topological polar surface area (TPSA) is 231 Å². The lowest BCUT2D eigenvalue weighted by Crippen LogP contribution is -2.57. The van der Waals surface area contributed by atoms with Crippen molar-refractivity contribution in [2.75, 3.05) is 12.0 Å². The number of carboxylic acid groups (broad SMARTS) is 2. The van der Waals surface area contributed by atoms with Crippen LogP contribution in [0.4, 0.5) is 0 Å². The van der Waals surface area contributed by atoms with E-state index < -0.39 is 66.2 Å². The Labute approximate surface area is 208 Å². The van der Waals surface area contributed by atoms with Crippen LogP contribution in [0.5, 0.6) is 0 Å². The van der Waals surface area contributed by atoms with Gasteiger partial charge in [0.1, 0.15) is 18.1 Å². The maximum atomic E-state index is 12.9. The van der Waals surface area contributed by atoms with Gasteiger partial charge in [-0.1, -0.05) is 13.8 Å². The second-order valence-corrected chi connectivity index (χ2v) is 9.46. The van der Waals surface area contributed by atoms with Crippen LogP contribution in [0.2, 0.25) is 0 Å². The Balaban J connectivity index is 5.51. The first-order chi connectivity index (χ1) is 16.3. The molecule has 0 fully saturated rings. The van der Waals surface area contributed by atoms with E-state index in [1.807, 2.05) is 0 Å². The molecule has 4 atom stereocenters. The highest BCUT2D eigenvalue weighted by Crippen LogP contribution is 2.08. The zero-order valence-corrected chi connectivity index (χ0v) is 21.1. The number of carbonyl (C=O) groups excluding carboxylic acids is 4. The molecule has 4 unspecified atom stereocenters. The summed E-state index contributed by atoms with van der Waals surface area (Å²) < 4.78 is 0. The van der Waals surface area contributed by atoms with Gasteiger partial charge in [0.15, 0.2) is 0 Å². The Hall–Kier alpha value is -2.87. The number of rotatable bonds is 18. The smallest absolute Gasteiger partial charge is 0.326 e. The van der Waals surface area contributed by atoms with E-state index in [0.29, 0.717) is 5.75 Å². The molecule has 0 aromatic rings. The Bertz CT molecular complexity index is 764. The van der Waals surface area contributed by atoms with E-state index in [-0.39, 0.29) is 38.0 Å². The molecular weight excluding hydrogens is 482 g/mol. The van der Waals surface area contributed by atoms with Gasteiger partial charge in [-0.3, -0.25) is 24.0 Å². The number of nitrogens with one attached hydrogen (secondary N) is 3. The molecule has 13 nitrogen and oxygen atoms in total. The van der Waals surface area contributed by atoms with Crippen LogP contribution in [0, 0.1) is 5.92 Å². The molecule has 0 bridgehead atoms. The van der Waals surface area contributed by atoms with Crippen molar-refractivity contribution in [3.05, 3.63) is 0 Å². The summed E-state index contributed by atoms with van der Waals surface area (Å²) in [6.45, 7) is 3.61. The lowest BCUT2D eigenvalue weighted by Gasteiger charge is -2.25. The van der Waals surface area contributed by atoms with Crippen molar-refractivity contribution in [2.45, 2.75) is 76.5 Å². The zero-order chi connectivity index (χ0) is 27.1. The maximum absolute atomic E-state index is 12.9. The third-order valence-corrected chi connectivity index (χ3v) is 5.53. The Kier molecular flexibility index (Phi) is 15.3. The molecule has 0 aliphatic rings. The van der Waals surface area contributed by atoms with Crippen molar-refractivity contribution in [3.8, 4) is 0 Å². The van der Waals surface area contributed by atoms with Crippen LogP contribution in [0.25, 0.3) is 0 Å². The molecule has 0 saturated heterocycles. The standard InChI is InChI=1S/C21H37N5O8S/c1-11(2)10-15(21(33)34)26-20(32)14(8-9-35-3)25-19(31)13(5-7-17(28)29)24-18(30)12(22)4-6-16(23)27/h11-15H,4-10,22H2,1-3H3,(H2,23,27)(H,24,30)(H,25,31)(H,26,32)(H,28,29)(H,33,34). The number of nitrogens with two attached hydrogens (primary N) is 2. The van der Waals surface area contributed by atoms with Gasteiger partial charge in [-0.25, -0.2) is 4.79 Å². The van der Waals surface area contributed by atoms with E-state index in [1.54, 1.807) is 20.1 Å².